The minimum Gasteiger partial charge on any atom is -0.473 e. The van der Waals surface area contributed by atoms with Gasteiger partial charge in [0.25, 0.3) is 5.78 Å². The maximum atomic E-state index is 13.0. The molecule has 12 heteroatoms. The third-order valence-electron chi connectivity index (χ3n) is 4.86. The van der Waals surface area contributed by atoms with E-state index in [1.54, 1.807) is 53.3 Å². The van der Waals surface area contributed by atoms with Crippen molar-refractivity contribution in [2.75, 3.05) is 0 Å². The van der Waals surface area contributed by atoms with E-state index >= 15 is 0 Å². The van der Waals surface area contributed by atoms with Crippen LogP contribution in [0.1, 0.15) is 11.1 Å². The van der Waals surface area contributed by atoms with Gasteiger partial charge in [-0.05, 0) is 35.9 Å². The molecule has 3 aromatic heterocycles. The number of nitrogens with zero attached hydrogens (tertiary/aromatic N) is 6. The summed E-state index contributed by atoms with van der Waals surface area (Å²) in [5, 5.41) is 7.80. The van der Waals surface area contributed by atoms with Gasteiger partial charge in [-0.1, -0.05) is 23.7 Å². The molecule has 0 N–H and O–H groups in total. The fourth-order valence-corrected chi connectivity index (χ4v) is 3.42. The van der Waals surface area contributed by atoms with Crippen molar-refractivity contribution in [1.82, 2.24) is 29.5 Å². The van der Waals surface area contributed by atoms with Gasteiger partial charge < -0.3 is 9.47 Å². The molecule has 0 saturated heterocycles. The van der Waals surface area contributed by atoms with Gasteiger partial charge in [0.2, 0.25) is 5.88 Å². The first-order valence-electron chi connectivity index (χ1n) is 10.1. The number of fused-ring (bicyclic) bond motifs is 1. The van der Waals surface area contributed by atoms with Gasteiger partial charge >= 0.3 is 6.18 Å². The highest BCUT2D eigenvalue weighted by atomic mass is 35.5. The molecule has 35 heavy (non-hydrogen) atoms. The van der Waals surface area contributed by atoms with E-state index in [1.807, 2.05) is 0 Å². The summed E-state index contributed by atoms with van der Waals surface area (Å²) in [6.07, 6.45) is 1.85. The molecule has 8 nitrogen and oxygen atoms in total. The highest BCUT2D eigenvalue weighted by molar-refractivity contribution is 6.31. The smallest absolute Gasteiger partial charge is 0.417 e. The second-order valence-electron chi connectivity index (χ2n) is 7.26. The van der Waals surface area contributed by atoms with Gasteiger partial charge in [-0.15, -0.1) is 10.2 Å². The maximum Gasteiger partial charge on any atom is 0.417 e. The number of halogens is 4. The van der Waals surface area contributed by atoms with Crippen LogP contribution in [0, 0.1) is 0 Å². The van der Waals surface area contributed by atoms with Crippen LogP contribution in [0.2, 0.25) is 5.02 Å². The van der Waals surface area contributed by atoms with Crippen LogP contribution < -0.4 is 9.47 Å². The van der Waals surface area contributed by atoms with E-state index < -0.39 is 11.7 Å². The van der Waals surface area contributed by atoms with Crippen LogP contribution in [0.15, 0.2) is 73.4 Å². The average molecular weight is 499 g/mol. The predicted octanol–water partition coefficient (Wildman–Crippen LogP) is 5.62. The highest BCUT2D eigenvalue weighted by Gasteiger charge is 2.33. The van der Waals surface area contributed by atoms with Gasteiger partial charge in [0, 0.05) is 24.7 Å². The average Bonchev–Trinajstić information content (AvgIpc) is 3.28. The first-order valence-corrected chi connectivity index (χ1v) is 10.5. The van der Waals surface area contributed by atoms with E-state index in [0.717, 1.165) is 17.7 Å². The van der Waals surface area contributed by atoms with E-state index in [9.17, 15) is 13.2 Å². The molecule has 0 saturated carbocycles. The fraction of sp³-hybridized carbons (Fsp3) is 0.0870. The van der Waals surface area contributed by atoms with Crippen molar-refractivity contribution in [3.63, 3.8) is 0 Å². The van der Waals surface area contributed by atoms with Crippen LogP contribution in [0.3, 0.4) is 0 Å². The lowest BCUT2D eigenvalue weighted by atomic mass is 10.2. The number of benzene rings is 2. The first kappa shape index (κ1) is 22.5. The zero-order chi connectivity index (χ0) is 24.4. The summed E-state index contributed by atoms with van der Waals surface area (Å²) in [5.74, 6) is 1.65. The van der Waals surface area contributed by atoms with Gasteiger partial charge in [0.1, 0.15) is 24.4 Å². The second kappa shape index (κ2) is 9.18. The third kappa shape index (κ3) is 4.99. The van der Waals surface area contributed by atoms with Gasteiger partial charge in [-0.2, -0.15) is 18.2 Å². The number of ether oxygens (including phenoxy) is 2. The largest absolute Gasteiger partial charge is 0.473 e. The molecule has 0 bridgehead atoms. The van der Waals surface area contributed by atoms with Crippen LogP contribution in [-0.4, -0.2) is 29.5 Å². The van der Waals surface area contributed by atoms with Gasteiger partial charge in [0.15, 0.2) is 5.82 Å². The molecule has 0 atom stereocenters. The molecule has 0 spiro atoms. The van der Waals surface area contributed by atoms with Crippen molar-refractivity contribution in [2.45, 2.75) is 12.8 Å². The molecule has 0 aliphatic heterocycles. The van der Waals surface area contributed by atoms with E-state index in [1.165, 1.54) is 12.4 Å². The van der Waals surface area contributed by atoms with Crippen LogP contribution in [0.4, 0.5) is 13.2 Å². The van der Waals surface area contributed by atoms with Gasteiger partial charge in [-0.3, -0.25) is 4.40 Å². The van der Waals surface area contributed by atoms with Crippen LogP contribution in [0.5, 0.6) is 17.4 Å². The Morgan fingerprint density at radius 2 is 1.66 bits per heavy atom. The zero-order valence-corrected chi connectivity index (χ0v) is 18.4. The Kier molecular flexibility index (Phi) is 5.91. The quantitative estimate of drug-likeness (QED) is 0.300. The molecule has 5 rings (SSSR count). The standard InChI is InChI=1S/C23H14ClF3N6O2/c24-19-6-5-17(9-18(19)23(25,26)27)35-16-3-1-14(2-4-16)12-34-20-7-8-33-21(31-32-22(33)30-20)15-10-28-13-29-11-15/h1-11,13H,12H2. The first-order chi connectivity index (χ1) is 16.9. The van der Waals surface area contributed by atoms with Crippen LogP contribution in [0.25, 0.3) is 17.2 Å². The molecule has 2 aromatic carbocycles. The van der Waals surface area contributed by atoms with Gasteiger partial charge in [-0.25, -0.2) is 9.97 Å². The van der Waals surface area contributed by atoms with Crippen molar-refractivity contribution < 1.29 is 22.6 Å². The fourth-order valence-electron chi connectivity index (χ4n) is 3.19. The molecular weight excluding hydrogens is 485 g/mol. The molecule has 0 aliphatic carbocycles. The molecule has 0 aliphatic rings. The Morgan fingerprint density at radius 3 is 2.40 bits per heavy atom. The summed E-state index contributed by atoms with van der Waals surface area (Å²) in [7, 11) is 0. The van der Waals surface area contributed by atoms with E-state index in [4.69, 9.17) is 21.1 Å². The van der Waals surface area contributed by atoms with Crippen molar-refractivity contribution in [3.8, 4) is 28.8 Å². The molecule has 0 amide bonds. The second-order valence-corrected chi connectivity index (χ2v) is 7.67. The number of rotatable bonds is 6. The predicted molar refractivity (Wildman–Crippen MR) is 119 cm³/mol. The topological polar surface area (TPSA) is 87.3 Å². The van der Waals surface area contributed by atoms with Crippen molar-refractivity contribution in [2.24, 2.45) is 0 Å². The Bertz CT molecular complexity index is 1480. The number of hydrogen-bond donors (Lipinski definition) is 0. The summed E-state index contributed by atoms with van der Waals surface area (Å²) < 4.78 is 52.1. The van der Waals surface area contributed by atoms with Crippen LogP contribution >= 0.6 is 11.6 Å². The highest BCUT2D eigenvalue weighted by Crippen LogP contribution is 2.37. The number of aromatic nitrogens is 6. The minimum atomic E-state index is -4.57. The Labute approximate surface area is 201 Å². The lowest BCUT2D eigenvalue weighted by Crippen LogP contribution is -2.05. The molecule has 0 fully saturated rings. The van der Waals surface area contributed by atoms with Crippen LogP contribution in [-0.2, 0) is 12.8 Å². The molecule has 5 aromatic rings. The molecule has 3 heterocycles. The van der Waals surface area contributed by atoms with Gasteiger partial charge in [0.05, 0.1) is 16.1 Å². The van der Waals surface area contributed by atoms with Crippen molar-refractivity contribution in [1.29, 1.82) is 0 Å². The Hall–Kier alpha value is -4.25. The van der Waals surface area contributed by atoms with E-state index in [-0.39, 0.29) is 17.4 Å². The molecule has 0 radical (unpaired) electrons. The zero-order valence-electron chi connectivity index (χ0n) is 17.6. The summed E-state index contributed by atoms with van der Waals surface area (Å²) in [5.41, 5.74) is 0.545. The monoisotopic (exact) mass is 498 g/mol. The maximum absolute atomic E-state index is 13.0. The lowest BCUT2D eigenvalue weighted by Gasteiger charge is -2.12. The Morgan fingerprint density at radius 1 is 0.914 bits per heavy atom. The SMILES string of the molecule is FC(F)(F)c1cc(Oc2ccc(COc3ccn4c(-c5cncnc5)nnc4n3)cc2)ccc1Cl. The molecule has 0 unspecified atom stereocenters. The molecule has 176 valence electrons. The van der Waals surface area contributed by atoms with Crippen molar-refractivity contribution >= 4 is 17.4 Å². The van der Waals surface area contributed by atoms with E-state index in [0.29, 0.717) is 28.8 Å². The normalized spacial score (nSPS) is 11.5. The molecular formula is C23H14ClF3N6O2. The minimum absolute atomic E-state index is 0.0259. The number of hydrogen-bond acceptors (Lipinski definition) is 7. The summed E-state index contributed by atoms with van der Waals surface area (Å²) >= 11 is 5.64. The summed E-state index contributed by atoms with van der Waals surface area (Å²) in [6, 6.07) is 11.8. The number of alkyl halides is 3. The Balaban J connectivity index is 1.24. The summed E-state index contributed by atoms with van der Waals surface area (Å²) in [4.78, 5) is 12.3. The third-order valence-corrected chi connectivity index (χ3v) is 5.19. The summed E-state index contributed by atoms with van der Waals surface area (Å²) in [6.45, 7) is 0.205. The lowest BCUT2D eigenvalue weighted by molar-refractivity contribution is -0.137. The van der Waals surface area contributed by atoms with Crippen molar-refractivity contribution in [3.05, 3.63) is 89.6 Å². The van der Waals surface area contributed by atoms with E-state index in [2.05, 4.69) is 25.1 Å².